The summed E-state index contributed by atoms with van der Waals surface area (Å²) in [5.74, 6) is -1.02. The van der Waals surface area contributed by atoms with Gasteiger partial charge in [0.05, 0.1) is 6.10 Å². The molecule has 0 amide bonds. The van der Waals surface area contributed by atoms with E-state index in [0.29, 0.717) is 6.42 Å². The summed E-state index contributed by atoms with van der Waals surface area (Å²) >= 11 is 0. The first kappa shape index (κ1) is 9.39. The predicted molar refractivity (Wildman–Crippen MR) is 36.8 cm³/mol. The van der Waals surface area contributed by atoms with Gasteiger partial charge in [0.15, 0.2) is 0 Å². The van der Waals surface area contributed by atoms with Crippen molar-refractivity contribution in [3.8, 4) is 0 Å². The highest BCUT2D eigenvalue weighted by molar-refractivity contribution is 5.74. The molecule has 0 saturated carbocycles. The Morgan fingerprint density at radius 3 is 2.30 bits per heavy atom. The van der Waals surface area contributed by atoms with Crippen LogP contribution in [0.5, 0.6) is 0 Å². The lowest BCUT2D eigenvalue weighted by Gasteiger charge is -2.15. The minimum Gasteiger partial charge on any atom is -0.480 e. The SMILES string of the molecule is CCC(O)C(NC)C(=O)O. The molecular formula is C6H13NO3. The van der Waals surface area contributed by atoms with Gasteiger partial charge in [-0.25, -0.2) is 0 Å². The van der Waals surface area contributed by atoms with Crippen molar-refractivity contribution in [3.63, 3.8) is 0 Å². The minimum absolute atomic E-state index is 0.442. The fourth-order valence-electron chi connectivity index (χ4n) is 0.716. The zero-order valence-corrected chi connectivity index (χ0v) is 6.16. The monoisotopic (exact) mass is 147 g/mol. The number of carboxylic acid groups (broad SMARTS) is 1. The van der Waals surface area contributed by atoms with Crippen molar-refractivity contribution in [3.05, 3.63) is 0 Å². The number of aliphatic carboxylic acids is 1. The molecule has 0 spiro atoms. The van der Waals surface area contributed by atoms with Crippen LogP contribution in [-0.2, 0) is 4.79 Å². The van der Waals surface area contributed by atoms with E-state index in [1.807, 2.05) is 0 Å². The molecule has 4 heteroatoms. The normalized spacial score (nSPS) is 16.3. The summed E-state index contributed by atoms with van der Waals surface area (Å²) in [4.78, 5) is 10.3. The number of carbonyl (C=O) groups is 1. The maximum Gasteiger partial charge on any atom is 0.323 e. The molecule has 2 atom stereocenters. The van der Waals surface area contributed by atoms with Crippen LogP contribution < -0.4 is 5.32 Å². The van der Waals surface area contributed by atoms with Gasteiger partial charge in [-0.05, 0) is 13.5 Å². The number of likely N-dealkylation sites (N-methyl/N-ethyl adjacent to an activating group) is 1. The van der Waals surface area contributed by atoms with Gasteiger partial charge < -0.3 is 15.5 Å². The van der Waals surface area contributed by atoms with Crippen molar-refractivity contribution in [2.75, 3.05) is 7.05 Å². The first-order chi connectivity index (χ1) is 4.63. The Morgan fingerprint density at radius 1 is 1.70 bits per heavy atom. The predicted octanol–water partition coefficient (Wildman–Crippen LogP) is -0.570. The summed E-state index contributed by atoms with van der Waals surface area (Å²) < 4.78 is 0. The Morgan fingerprint density at radius 2 is 2.20 bits per heavy atom. The maximum absolute atomic E-state index is 10.3. The van der Waals surface area contributed by atoms with Crippen molar-refractivity contribution in [2.45, 2.75) is 25.5 Å². The van der Waals surface area contributed by atoms with Gasteiger partial charge in [-0.1, -0.05) is 6.92 Å². The number of aliphatic hydroxyl groups excluding tert-OH is 1. The Balaban J connectivity index is 3.92. The van der Waals surface area contributed by atoms with Gasteiger partial charge in [0, 0.05) is 0 Å². The van der Waals surface area contributed by atoms with Crippen molar-refractivity contribution in [2.24, 2.45) is 0 Å². The third kappa shape index (κ3) is 2.33. The first-order valence-electron chi connectivity index (χ1n) is 3.21. The molecule has 0 aliphatic heterocycles. The van der Waals surface area contributed by atoms with Crippen LogP contribution in [-0.4, -0.2) is 35.4 Å². The molecule has 10 heavy (non-hydrogen) atoms. The van der Waals surface area contributed by atoms with E-state index in [1.54, 1.807) is 6.92 Å². The lowest BCUT2D eigenvalue weighted by Crippen LogP contribution is -2.43. The third-order valence-corrected chi connectivity index (χ3v) is 1.38. The molecule has 60 valence electrons. The van der Waals surface area contributed by atoms with Crippen LogP contribution >= 0.6 is 0 Å². The maximum atomic E-state index is 10.3. The molecule has 0 aliphatic carbocycles. The van der Waals surface area contributed by atoms with Gasteiger partial charge in [-0.15, -0.1) is 0 Å². The molecule has 0 rings (SSSR count). The zero-order valence-electron chi connectivity index (χ0n) is 6.16. The van der Waals surface area contributed by atoms with Crippen LogP contribution in [0.25, 0.3) is 0 Å². The van der Waals surface area contributed by atoms with Crippen LogP contribution in [0.2, 0.25) is 0 Å². The minimum atomic E-state index is -1.02. The second-order valence-electron chi connectivity index (χ2n) is 2.08. The van der Waals surface area contributed by atoms with Crippen LogP contribution in [0, 0.1) is 0 Å². The summed E-state index contributed by atoms with van der Waals surface area (Å²) in [5, 5.41) is 20.0. The van der Waals surface area contributed by atoms with Crippen LogP contribution in [0.1, 0.15) is 13.3 Å². The van der Waals surface area contributed by atoms with Crippen molar-refractivity contribution in [1.82, 2.24) is 5.32 Å². The number of carboxylic acids is 1. The number of hydrogen-bond acceptors (Lipinski definition) is 3. The molecule has 0 aliphatic rings. The van der Waals surface area contributed by atoms with E-state index in [0.717, 1.165) is 0 Å². The molecule has 0 aromatic rings. The molecule has 4 nitrogen and oxygen atoms in total. The smallest absolute Gasteiger partial charge is 0.323 e. The van der Waals surface area contributed by atoms with E-state index >= 15 is 0 Å². The summed E-state index contributed by atoms with van der Waals surface area (Å²) in [5.41, 5.74) is 0. The van der Waals surface area contributed by atoms with E-state index in [9.17, 15) is 4.79 Å². The summed E-state index contributed by atoms with van der Waals surface area (Å²) in [6, 6.07) is -0.843. The Labute approximate surface area is 59.9 Å². The van der Waals surface area contributed by atoms with Crippen molar-refractivity contribution >= 4 is 5.97 Å². The number of nitrogens with one attached hydrogen (secondary N) is 1. The summed E-state index contributed by atoms with van der Waals surface area (Å²) in [7, 11) is 1.51. The molecule has 0 saturated heterocycles. The fourth-order valence-corrected chi connectivity index (χ4v) is 0.716. The van der Waals surface area contributed by atoms with Gasteiger partial charge in [0.2, 0.25) is 0 Å². The van der Waals surface area contributed by atoms with Crippen molar-refractivity contribution < 1.29 is 15.0 Å². The highest BCUT2D eigenvalue weighted by Gasteiger charge is 2.22. The molecule has 0 aromatic heterocycles. The largest absolute Gasteiger partial charge is 0.480 e. The Bertz CT molecular complexity index is 116. The first-order valence-corrected chi connectivity index (χ1v) is 3.21. The molecule has 0 heterocycles. The third-order valence-electron chi connectivity index (χ3n) is 1.38. The van der Waals surface area contributed by atoms with Crippen LogP contribution in [0.4, 0.5) is 0 Å². The number of aliphatic hydroxyl groups is 1. The van der Waals surface area contributed by atoms with E-state index in [4.69, 9.17) is 10.2 Å². The lowest BCUT2D eigenvalue weighted by molar-refractivity contribution is -0.142. The highest BCUT2D eigenvalue weighted by atomic mass is 16.4. The molecule has 0 bridgehead atoms. The Kier molecular flexibility index (Phi) is 3.99. The molecule has 2 unspecified atom stereocenters. The van der Waals surface area contributed by atoms with Gasteiger partial charge in [0.25, 0.3) is 0 Å². The van der Waals surface area contributed by atoms with E-state index in [2.05, 4.69) is 5.32 Å². The van der Waals surface area contributed by atoms with E-state index in [1.165, 1.54) is 7.05 Å². The Hall–Kier alpha value is -0.610. The number of rotatable bonds is 4. The topological polar surface area (TPSA) is 69.6 Å². The fraction of sp³-hybridized carbons (Fsp3) is 0.833. The second-order valence-corrected chi connectivity index (χ2v) is 2.08. The standard InChI is InChI=1S/C6H13NO3/c1-3-4(8)5(7-2)6(9)10/h4-5,7-8H,3H2,1-2H3,(H,9,10). The zero-order chi connectivity index (χ0) is 8.15. The van der Waals surface area contributed by atoms with E-state index < -0.39 is 18.1 Å². The quantitative estimate of drug-likeness (QED) is 0.498. The van der Waals surface area contributed by atoms with Crippen LogP contribution in [0.3, 0.4) is 0 Å². The van der Waals surface area contributed by atoms with Crippen LogP contribution in [0.15, 0.2) is 0 Å². The van der Waals surface area contributed by atoms with Crippen molar-refractivity contribution in [1.29, 1.82) is 0 Å². The highest BCUT2D eigenvalue weighted by Crippen LogP contribution is 1.97. The van der Waals surface area contributed by atoms with E-state index in [-0.39, 0.29) is 0 Å². The van der Waals surface area contributed by atoms with Gasteiger partial charge in [-0.2, -0.15) is 0 Å². The summed E-state index contributed by atoms with van der Waals surface area (Å²) in [6.07, 6.45) is -0.361. The number of hydrogen-bond donors (Lipinski definition) is 3. The average molecular weight is 147 g/mol. The van der Waals surface area contributed by atoms with Gasteiger partial charge >= 0.3 is 5.97 Å². The van der Waals surface area contributed by atoms with Gasteiger partial charge in [0.1, 0.15) is 6.04 Å². The molecule has 0 fully saturated rings. The molecule has 0 radical (unpaired) electrons. The molecular weight excluding hydrogens is 134 g/mol. The molecule has 3 N–H and O–H groups in total. The second kappa shape index (κ2) is 4.24. The van der Waals surface area contributed by atoms with Gasteiger partial charge in [-0.3, -0.25) is 4.79 Å². The average Bonchev–Trinajstić information content (AvgIpc) is 1.88. The molecule has 0 aromatic carbocycles. The summed E-state index contributed by atoms with van der Waals surface area (Å²) in [6.45, 7) is 1.73. The lowest BCUT2D eigenvalue weighted by atomic mass is 10.1.